The molecule has 2 aromatic rings. The molecule has 1 atom stereocenters. The average molecular weight is 381 g/mol. The molecule has 2 rings (SSSR count). The first-order valence-corrected chi connectivity index (χ1v) is 7.38. The zero-order valence-corrected chi connectivity index (χ0v) is 13.5. The molecule has 0 aliphatic carbocycles. The third kappa shape index (κ3) is 3.72. The Bertz CT molecular complexity index is 578. The van der Waals surface area contributed by atoms with Crippen LogP contribution in [0.4, 0.5) is 5.69 Å². The first-order chi connectivity index (χ1) is 9.60. The summed E-state index contributed by atoms with van der Waals surface area (Å²) in [6.07, 6.45) is 0. The molecule has 4 heteroatoms. The van der Waals surface area contributed by atoms with Gasteiger partial charge in [0.25, 0.3) is 0 Å². The van der Waals surface area contributed by atoms with Crippen LogP contribution in [-0.2, 0) is 4.74 Å². The van der Waals surface area contributed by atoms with Crippen molar-refractivity contribution in [2.24, 2.45) is 0 Å². The van der Waals surface area contributed by atoms with Crippen LogP contribution >= 0.6 is 22.6 Å². The van der Waals surface area contributed by atoms with E-state index >= 15 is 0 Å². The van der Waals surface area contributed by atoms with E-state index in [1.165, 1.54) is 16.2 Å². The van der Waals surface area contributed by atoms with Gasteiger partial charge in [0.1, 0.15) is 0 Å². The minimum Gasteiger partial charge on any atom is -0.465 e. The van der Waals surface area contributed by atoms with Gasteiger partial charge in [-0.25, -0.2) is 4.79 Å². The summed E-state index contributed by atoms with van der Waals surface area (Å²) in [6.45, 7) is 2.11. The van der Waals surface area contributed by atoms with Gasteiger partial charge in [-0.15, -0.1) is 0 Å². The second-order valence-electron chi connectivity index (χ2n) is 4.49. The van der Waals surface area contributed by atoms with Gasteiger partial charge in [-0.3, -0.25) is 0 Å². The summed E-state index contributed by atoms with van der Waals surface area (Å²) in [5.41, 5.74) is 2.76. The number of carbonyl (C=O) groups is 1. The molecule has 0 fully saturated rings. The van der Waals surface area contributed by atoms with Crippen LogP contribution in [-0.4, -0.2) is 13.1 Å². The molecule has 0 spiro atoms. The van der Waals surface area contributed by atoms with E-state index in [1.54, 1.807) is 12.1 Å². The van der Waals surface area contributed by atoms with E-state index in [0.717, 1.165) is 5.69 Å². The summed E-state index contributed by atoms with van der Waals surface area (Å²) >= 11 is 2.29. The van der Waals surface area contributed by atoms with Crippen molar-refractivity contribution in [2.45, 2.75) is 13.0 Å². The lowest BCUT2D eigenvalue weighted by Gasteiger charge is -2.16. The molecule has 0 saturated carbocycles. The molecule has 0 aromatic heterocycles. The molecule has 20 heavy (non-hydrogen) atoms. The molecule has 0 amide bonds. The second-order valence-corrected chi connectivity index (χ2v) is 5.73. The maximum Gasteiger partial charge on any atom is 0.337 e. The lowest BCUT2D eigenvalue weighted by molar-refractivity contribution is 0.0601. The summed E-state index contributed by atoms with van der Waals surface area (Å²) in [6, 6.07) is 15.9. The summed E-state index contributed by atoms with van der Waals surface area (Å²) in [7, 11) is 1.38. The molecule has 104 valence electrons. The number of hydrogen-bond donors (Lipinski definition) is 1. The number of carbonyl (C=O) groups excluding carboxylic acids is 1. The van der Waals surface area contributed by atoms with E-state index in [2.05, 4.69) is 63.8 Å². The topological polar surface area (TPSA) is 38.3 Å². The van der Waals surface area contributed by atoms with Crippen molar-refractivity contribution in [1.82, 2.24) is 0 Å². The van der Waals surface area contributed by atoms with Crippen molar-refractivity contribution in [3.8, 4) is 0 Å². The molecule has 0 heterocycles. The Kier molecular flexibility index (Phi) is 5.00. The monoisotopic (exact) mass is 381 g/mol. The number of hydrogen-bond acceptors (Lipinski definition) is 3. The van der Waals surface area contributed by atoms with Gasteiger partial charge < -0.3 is 10.1 Å². The van der Waals surface area contributed by atoms with Gasteiger partial charge in [-0.1, -0.05) is 12.1 Å². The molecule has 0 radical (unpaired) electrons. The Balaban J connectivity index is 2.06. The van der Waals surface area contributed by atoms with Crippen LogP contribution < -0.4 is 5.32 Å². The Hall–Kier alpha value is -1.56. The van der Waals surface area contributed by atoms with E-state index in [0.29, 0.717) is 5.56 Å². The third-order valence-corrected chi connectivity index (χ3v) is 3.78. The van der Waals surface area contributed by atoms with E-state index in [9.17, 15) is 4.79 Å². The number of anilines is 1. The molecular weight excluding hydrogens is 365 g/mol. The smallest absolute Gasteiger partial charge is 0.337 e. The molecule has 3 nitrogen and oxygen atoms in total. The number of methoxy groups -OCH3 is 1. The third-order valence-electron chi connectivity index (χ3n) is 3.06. The summed E-state index contributed by atoms with van der Waals surface area (Å²) < 4.78 is 5.90. The normalized spacial score (nSPS) is 11.8. The van der Waals surface area contributed by atoms with Crippen LogP contribution in [0.25, 0.3) is 0 Å². The quantitative estimate of drug-likeness (QED) is 0.636. The number of rotatable bonds is 4. The average Bonchev–Trinajstić information content (AvgIpc) is 2.48. The standard InChI is InChI=1S/C16H16INO2/c1-11(12-3-7-14(17)8-4-12)18-15-9-5-13(6-10-15)16(19)20-2/h3-11,18H,1-2H3. The number of benzene rings is 2. The minimum atomic E-state index is -0.317. The summed E-state index contributed by atoms with van der Waals surface area (Å²) in [5, 5.41) is 3.41. The first kappa shape index (κ1) is 14.8. The van der Waals surface area contributed by atoms with E-state index in [4.69, 9.17) is 0 Å². The second kappa shape index (κ2) is 6.74. The number of halogens is 1. The molecule has 0 aliphatic heterocycles. The molecular formula is C16H16INO2. The van der Waals surface area contributed by atoms with Gasteiger partial charge in [0.05, 0.1) is 12.7 Å². The van der Waals surface area contributed by atoms with Crippen LogP contribution in [0.3, 0.4) is 0 Å². The van der Waals surface area contributed by atoms with Crippen LogP contribution in [0.15, 0.2) is 48.5 Å². The van der Waals surface area contributed by atoms with Crippen LogP contribution in [0, 0.1) is 3.57 Å². The Morgan fingerprint density at radius 2 is 1.70 bits per heavy atom. The predicted molar refractivity (Wildman–Crippen MR) is 89.0 cm³/mol. The molecule has 0 aliphatic rings. The fraction of sp³-hybridized carbons (Fsp3) is 0.188. The Morgan fingerprint density at radius 3 is 2.25 bits per heavy atom. The first-order valence-electron chi connectivity index (χ1n) is 6.30. The fourth-order valence-corrected chi connectivity index (χ4v) is 2.26. The van der Waals surface area contributed by atoms with Gasteiger partial charge in [-0.05, 0) is 71.5 Å². The lowest BCUT2D eigenvalue weighted by atomic mass is 10.1. The van der Waals surface area contributed by atoms with Crippen LogP contribution in [0.1, 0.15) is 28.9 Å². The number of nitrogens with one attached hydrogen (secondary N) is 1. The van der Waals surface area contributed by atoms with Crippen molar-refractivity contribution < 1.29 is 9.53 Å². The zero-order chi connectivity index (χ0) is 14.5. The van der Waals surface area contributed by atoms with Crippen molar-refractivity contribution in [1.29, 1.82) is 0 Å². The summed E-state index contributed by atoms with van der Waals surface area (Å²) in [4.78, 5) is 11.4. The maximum absolute atomic E-state index is 11.4. The highest BCUT2D eigenvalue weighted by Gasteiger charge is 2.07. The highest BCUT2D eigenvalue weighted by molar-refractivity contribution is 14.1. The zero-order valence-electron chi connectivity index (χ0n) is 11.4. The van der Waals surface area contributed by atoms with Gasteiger partial charge >= 0.3 is 5.97 Å². The predicted octanol–water partition coefficient (Wildman–Crippen LogP) is 4.25. The highest BCUT2D eigenvalue weighted by atomic mass is 127. The van der Waals surface area contributed by atoms with Gasteiger partial charge in [0, 0.05) is 15.3 Å². The molecule has 1 N–H and O–H groups in total. The van der Waals surface area contributed by atoms with E-state index in [-0.39, 0.29) is 12.0 Å². The van der Waals surface area contributed by atoms with Crippen LogP contribution in [0.2, 0.25) is 0 Å². The SMILES string of the molecule is COC(=O)c1ccc(NC(C)c2ccc(I)cc2)cc1. The largest absolute Gasteiger partial charge is 0.465 e. The number of esters is 1. The van der Waals surface area contributed by atoms with E-state index in [1.807, 2.05) is 12.1 Å². The van der Waals surface area contributed by atoms with Crippen molar-refractivity contribution in [3.63, 3.8) is 0 Å². The summed E-state index contributed by atoms with van der Waals surface area (Å²) in [5.74, 6) is -0.317. The van der Waals surface area contributed by atoms with Gasteiger partial charge in [0.15, 0.2) is 0 Å². The molecule has 0 saturated heterocycles. The molecule has 1 unspecified atom stereocenters. The van der Waals surface area contributed by atoms with Crippen LogP contribution in [0.5, 0.6) is 0 Å². The van der Waals surface area contributed by atoms with Crippen molar-refractivity contribution in [3.05, 3.63) is 63.2 Å². The minimum absolute atomic E-state index is 0.205. The Labute approximate surface area is 132 Å². The lowest BCUT2D eigenvalue weighted by Crippen LogP contribution is -2.07. The maximum atomic E-state index is 11.4. The molecule has 2 aromatic carbocycles. The van der Waals surface area contributed by atoms with Gasteiger partial charge in [-0.2, -0.15) is 0 Å². The fourth-order valence-electron chi connectivity index (χ4n) is 1.91. The highest BCUT2D eigenvalue weighted by Crippen LogP contribution is 2.20. The Morgan fingerprint density at radius 1 is 1.10 bits per heavy atom. The van der Waals surface area contributed by atoms with Gasteiger partial charge in [0.2, 0.25) is 0 Å². The van der Waals surface area contributed by atoms with E-state index < -0.39 is 0 Å². The molecule has 0 bridgehead atoms. The van der Waals surface area contributed by atoms with Crippen molar-refractivity contribution >= 4 is 34.2 Å². The number of ether oxygens (including phenoxy) is 1. The van der Waals surface area contributed by atoms with Crippen molar-refractivity contribution in [2.75, 3.05) is 12.4 Å².